The van der Waals surface area contributed by atoms with Gasteiger partial charge in [0, 0.05) is 31.6 Å². The van der Waals surface area contributed by atoms with Crippen molar-refractivity contribution >= 4 is 17.6 Å². The van der Waals surface area contributed by atoms with E-state index in [1.54, 1.807) is 6.33 Å². The molecule has 19 heavy (non-hydrogen) atoms. The average Bonchev–Trinajstić information content (AvgIpc) is 2.76. The fourth-order valence-electron chi connectivity index (χ4n) is 2.35. The van der Waals surface area contributed by atoms with Crippen molar-refractivity contribution in [2.45, 2.75) is 32.7 Å². The Balaban J connectivity index is 2.00. The van der Waals surface area contributed by atoms with E-state index >= 15 is 0 Å². The number of carboxylic acids is 1. The quantitative estimate of drug-likeness (QED) is 0.841. The number of hydrogen-bond acceptors (Lipinski definition) is 5. The fourth-order valence-corrected chi connectivity index (χ4v) is 2.35. The fraction of sp³-hybridized carbons (Fsp3) is 0.615. The molecule has 0 amide bonds. The minimum absolute atomic E-state index is 0.217. The summed E-state index contributed by atoms with van der Waals surface area (Å²) in [6, 6.07) is 2.24. The van der Waals surface area contributed by atoms with Crippen molar-refractivity contribution in [3.05, 3.63) is 12.4 Å². The first-order valence-corrected chi connectivity index (χ1v) is 6.60. The highest BCUT2D eigenvalue weighted by atomic mass is 16.4. The van der Waals surface area contributed by atoms with E-state index in [1.807, 2.05) is 6.07 Å². The molecule has 0 bridgehead atoms. The molecule has 1 fully saturated rings. The number of nitrogens with zero attached hydrogens (tertiary/aromatic N) is 3. The highest BCUT2D eigenvalue weighted by Gasteiger charge is 2.25. The summed E-state index contributed by atoms with van der Waals surface area (Å²) in [7, 11) is 0. The van der Waals surface area contributed by atoms with Crippen molar-refractivity contribution < 1.29 is 9.90 Å². The number of aliphatic carboxylic acids is 1. The van der Waals surface area contributed by atoms with Crippen molar-refractivity contribution in [2.24, 2.45) is 5.92 Å². The van der Waals surface area contributed by atoms with Gasteiger partial charge in [-0.15, -0.1) is 0 Å². The summed E-state index contributed by atoms with van der Waals surface area (Å²) in [4.78, 5) is 21.3. The van der Waals surface area contributed by atoms with Crippen molar-refractivity contribution in [3.8, 4) is 0 Å². The molecule has 1 aliphatic heterocycles. The lowest BCUT2D eigenvalue weighted by molar-refractivity contribution is -0.137. The molecule has 1 aromatic heterocycles. The molecular weight excluding hydrogens is 244 g/mol. The van der Waals surface area contributed by atoms with E-state index < -0.39 is 5.97 Å². The van der Waals surface area contributed by atoms with Gasteiger partial charge < -0.3 is 15.3 Å². The van der Waals surface area contributed by atoms with E-state index in [-0.39, 0.29) is 12.3 Å². The van der Waals surface area contributed by atoms with E-state index in [0.29, 0.717) is 6.04 Å². The molecular formula is C13H20N4O2. The molecule has 0 aromatic carbocycles. The Morgan fingerprint density at radius 1 is 1.58 bits per heavy atom. The number of aromatic nitrogens is 2. The Hall–Kier alpha value is -1.85. The number of hydrogen-bond donors (Lipinski definition) is 2. The summed E-state index contributed by atoms with van der Waals surface area (Å²) in [6.45, 7) is 5.72. The number of nitrogens with one attached hydrogen (secondary N) is 1. The van der Waals surface area contributed by atoms with Crippen molar-refractivity contribution in [2.75, 3.05) is 23.3 Å². The smallest absolute Gasteiger partial charge is 0.303 e. The van der Waals surface area contributed by atoms with Crippen LogP contribution in [0.15, 0.2) is 12.4 Å². The van der Waals surface area contributed by atoms with Gasteiger partial charge in [0.1, 0.15) is 18.0 Å². The summed E-state index contributed by atoms with van der Waals surface area (Å²) >= 11 is 0. The van der Waals surface area contributed by atoms with E-state index in [0.717, 1.165) is 31.1 Å². The molecule has 1 atom stereocenters. The van der Waals surface area contributed by atoms with Gasteiger partial charge in [0.05, 0.1) is 0 Å². The standard InChI is InChI=1S/C13H20N4O2/c1-9(2)16-11-6-12(15-8-14-11)17-4-3-10(7-17)5-13(18)19/h6,8-10H,3-5,7H2,1-2H3,(H,18,19)(H,14,15,16). The third-order valence-electron chi connectivity index (χ3n) is 3.16. The molecule has 0 radical (unpaired) electrons. The molecule has 0 spiro atoms. The van der Waals surface area contributed by atoms with E-state index in [4.69, 9.17) is 5.11 Å². The van der Waals surface area contributed by atoms with Crippen LogP contribution in [0.3, 0.4) is 0 Å². The largest absolute Gasteiger partial charge is 0.481 e. The van der Waals surface area contributed by atoms with Crippen molar-refractivity contribution in [1.29, 1.82) is 0 Å². The van der Waals surface area contributed by atoms with Crippen LogP contribution in [-0.4, -0.2) is 40.2 Å². The number of anilines is 2. The van der Waals surface area contributed by atoms with Crippen LogP contribution < -0.4 is 10.2 Å². The Morgan fingerprint density at radius 3 is 3.05 bits per heavy atom. The predicted octanol–water partition coefficient (Wildman–Crippen LogP) is 1.60. The van der Waals surface area contributed by atoms with Crippen LogP contribution in [0.25, 0.3) is 0 Å². The van der Waals surface area contributed by atoms with Crippen molar-refractivity contribution in [3.63, 3.8) is 0 Å². The van der Waals surface area contributed by atoms with Crippen LogP contribution in [0.1, 0.15) is 26.7 Å². The van der Waals surface area contributed by atoms with Crippen LogP contribution in [0.5, 0.6) is 0 Å². The maximum atomic E-state index is 10.7. The molecule has 1 aromatic rings. The topological polar surface area (TPSA) is 78.4 Å². The van der Waals surface area contributed by atoms with Gasteiger partial charge in [0.25, 0.3) is 0 Å². The molecule has 104 valence electrons. The van der Waals surface area contributed by atoms with Gasteiger partial charge in [-0.1, -0.05) is 0 Å². The highest BCUT2D eigenvalue weighted by molar-refractivity contribution is 5.67. The van der Waals surface area contributed by atoms with Crippen LogP contribution in [0.2, 0.25) is 0 Å². The number of carbonyl (C=O) groups is 1. The van der Waals surface area contributed by atoms with Gasteiger partial charge in [-0.2, -0.15) is 0 Å². The van der Waals surface area contributed by atoms with Gasteiger partial charge in [0.2, 0.25) is 0 Å². The van der Waals surface area contributed by atoms with E-state index in [1.165, 1.54) is 0 Å². The van der Waals surface area contributed by atoms with Gasteiger partial charge in [-0.3, -0.25) is 4.79 Å². The Morgan fingerprint density at radius 2 is 2.37 bits per heavy atom. The molecule has 2 heterocycles. The molecule has 6 nitrogen and oxygen atoms in total. The Bertz CT molecular complexity index is 450. The minimum atomic E-state index is -0.725. The zero-order valence-corrected chi connectivity index (χ0v) is 11.3. The van der Waals surface area contributed by atoms with E-state index in [9.17, 15) is 4.79 Å². The van der Waals surface area contributed by atoms with Crippen molar-refractivity contribution in [1.82, 2.24) is 9.97 Å². The van der Waals surface area contributed by atoms with Crippen LogP contribution >= 0.6 is 0 Å². The Kier molecular flexibility index (Phi) is 4.19. The summed E-state index contributed by atoms with van der Waals surface area (Å²) < 4.78 is 0. The van der Waals surface area contributed by atoms with Gasteiger partial charge >= 0.3 is 5.97 Å². The van der Waals surface area contributed by atoms with E-state index in [2.05, 4.69) is 34.0 Å². The first kappa shape index (κ1) is 13.6. The van der Waals surface area contributed by atoms with Gasteiger partial charge in [-0.25, -0.2) is 9.97 Å². The maximum Gasteiger partial charge on any atom is 0.303 e. The monoisotopic (exact) mass is 264 g/mol. The zero-order valence-electron chi connectivity index (χ0n) is 11.3. The molecule has 2 N–H and O–H groups in total. The normalized spacial score (nSPS) is 18.9. The number of carboxylic acid groups (broad SMARTS) is 1. The summed E-state index contributed by atoms with van der Waals surface area (Å²) in [6.07, 6.45) is 2.69. The van der Waals surface area contributed by atoms with Crippen LogP contribution in [-0.2, 0) is 4.79 Å². The lowest BCUT2D eigenvalue weighted by Gasteiger charge is -2.18. The molecule has 0 aliphatic carbocycles. The lowest BCUT2D eigenvalue weighted by atomic mass is 10.1. The lowest BCUT2D eigenvalue weighted by Crippen LogP contribution is -2.22. The molecule has 1 aliphatic rings. The molecule has 2 rings (SSSR count). The second-order valence-electron chi connectivity index (χ2n) is 5.26. The van der Waals surface area contributed by atoms with Gasteiger partial charge in [-0.05, 0) is 26.2 Å². The first-order valence-electron chi connectivity index (χ1n) is 6.60. The summed E-state index contributed by atoms with van der Waals surface area (Å²) in [5, 5.41) is 12.1. The van der Waals surface area contributed by atoms with Crippen LogP contribution in [0, 0.1) is 5.92 Å². The third kappa shape index (κ3) is 3.81. The number of rotatable bonds is 5. The first-order chi connectivity index (χ1) is 9.04. The predicted molar refractivity (Wildman–Crippen MR) is 73.4 cm³/mol. The Labute approximate surface area is 112 Å². The molecule has 0 saturated carbocycles. The summed E-state index contributed by atoms with van der Waals surface area (Å²) in [5.41, 5.74) is 0. The third-order valence-corrected chi connectivity index (χ3v) is 3.16. The van der Waals surface area contributed by atoms with Crippen LogP contribution in [0.4, 0.5) is 11.6 Å². The van der Waals surface area contributed by atoms with Gasteiger partial charge in [0.15, 0.2) is 0 Å². The second kappa shape index (κ2) is 5.86. The SMILES string of the molecule is CC(C)Nc1cc(N2CCC(CC(=O)O)C2)ncn1. The second-order valence-corrected chi connectivity index (χ2v) is 5.26. The minimum Gasteiger partial charge on any atom is -0.481 e. The highest BCUT2D eigenvalue weighted by Crippen LogP contribution is 2.25. The molecule has 1 saturated heterocycles. The summed E-state index contributed by atoms with van der Waals surface area (Å²) in [5.74, 6) is 1.17. The average molecular weight is 264 g/mol. The molecule has 6 heteroatoms. The zero-order chi connectivity index (χ0) is 13.8. The maximum absolute atomic E-state index is 10.7. The molecule has 1 unspecified atom stereocenters.